The van der Waals surface area contributed by atoms with E-state index >= 15 is 0 Å². The molecule has 1 heterocycles. The van der Waals surface area contributed by atoms with Crippen LogP contribution in [0.1, 0.15) is 39.5 Å². The van der Waals surface area contributed by atoms with E-state index < -0.39 is 0 Å². The van der Waals surface area contributed by atoms with Gasteiger partial charge in [-0.25, -0.2) is 0 Å². The van der Waals surface area contributed by atoms with Crippen LogP contribution in [0.2, 0.25) is 0 Å². The van der Waals surface area contributed by atoms with Crippen molar-refractivity contribution in [3.63, 3.8) is 0 Å². The van der Waals surface area contributed by atoms with Crippen molar-refractivity contribution in [2.24, 2.45) is 0 Å². The number of benzene rings is 2. The van der Waals surface area contributed by atoms with Crippen LogP contribution in [0.5, 0.6) is 0 Å². The fraction of sp³-hybridized carbons (Fsp3) is 0.190. The molecule has 0 aromatic heterocycles. The Labute approximate surface area is 144 Å². The second-order valence-electron chi connectivity index (χ2n) is 6.53. The first-order valence-electron chi connectivity index (χ1n) is 8.30. The summed E-state index contributed by atoms with van der Waals surface area (Å²) in [4.78, 5) is 11.4. The number of hydrogen-bond acceptors (Lipinski definition) is 2. The Morgan fingerprint density at radius 2 is 1.62 bits per heavy atom. The fourth-order valence-electron chi connectivity index (χ4n) is 3.44. The third-order valence-corrected chi connectivity index (χ3v) is 4.53. The molecule has 1 aliphatic heterocycles. The zero-order valence-electron chi connectivity index (χ0n) is 14.7. The number of rotatable bonds is 3. The van der Waals surface area contributed by atoms with Gasteiger partial charge in [0.05, 0.1) is 0 Å². The standard InChI is InChI=1S/C21H22BNO/c1-14-12-15(2)21(16(3)13-14)22-11-5-6-20(23-22)19-9-7-18(8-10-19)17(4)24/h5-13,23H,1-4H3. The van der Waals surface area contributed by atoms with E-state index in [9.17, 15) is 4.79 Å². The molecule has 0 fully saturated rings. The first kappa shape index (κ1) is 16.3. The quantitative estimate of drug-likeness (QED) is 0.690. The Kier molecular flexibility index (Phi) is 4.43. The minimum absolute atomic E-state index is 0.0933. The van der Waals surface area contributed by atoms with Crippen LogP contribution in [-0.2, 0) is 0 Å². The maximum absolute atomic E-state index is 11.4. The van der Waals surface area contributed by atoms with Crippen LogP contribution in [0.3, 0.4) is 0 Å². The topological polar surface area (TPSA) is 29.1 Å². The largest absolute Gasteiger partial charge is 0.420 e. The number of nitrogens with one attached hydrogen (secondary N) is 1. The van der Waals surface area contributed by atoms with Crippen LogP contribution >= 0.6 is 0 Å². The monoisotopic (exact) mass is 315 g/mol. The van der Waals surface area contributed by atoms with Crippen LogP contribution in [-0.4, -0.2) is 12.6 Å². The number of allylic oxidation sites excluding steroid dienone is 2. The highest BCUT2D eigenvalue weighted by Gasteiger charge is 2.22. The van der Waals surface area contributed by atoms with Crippen molar-refractivity contribution in [3.05, 3.63) is 82.3 Å². The number of Topliss-reactive ketones (excluding diaryl/α,β-unsaturated/α-hetero) is 1. The highest BCUT2D eigenvalue weighted by Crippen LogP contribution is 2.17. The van der Waals surface area contributed by atoms with Crippen molar-refractivity contribution >= 4 is 23.8 Å². The minimum Gasteiger partial charge on any atom is -0.420 e. The van der Waals surface area contributed by atoms with Crippen molar-refractivity contribution in [3.8, 4) is 0 Å². The first-order chi connectivity index (χ1) is 11.5. The number of carbonyl (C=O) groups excluding carboxylic acids is 1. The molecule has 2 nitrogen and oxygen atoms in total. The Bertz CT molecular complexity index is 824. The van der Waals surface area contributed by atoms with E-state index in [0.717, 1.165) is 16.8 Å². The van der Waals surface area contributed by atoms with Gasteiger partial charge in [-0.1, -0.05) is 65.1 Å². The average Bonchev–Trinajstić information content (AvgIpc) is 2.54. The Morgan fingerprint density at radius 3 is 2.21 bits per heavy atom. The highest BCUT2D eigenvalue weighted by atomic mass is 16.1. The van der Waals surface area contributed by atoms with Crippen molar-refractivity contribution < 1.29 is 4.79 Å². The maximum atomic E-state index is 11.4. The number of carbonyl (C=O) groups is 1. The summed E-state index contributed by atoms with van der Waals surface area (Å²) in [6.07, 6.45) is 4.19. The molecule has 120 valence electrons. The lowest BCUT2D eigenvalue weighted by Crippen LogP contribution is -2.46. The van der Waals surface area contributed by atoms with E-state index in [2.05, 4.69) is 56.3 Å². The molecule has 1 aliphatic rings. The number of ketones is 1. The van der Waals surface area contributed by atoms with Gasteiger partial charge in [-0.05, 0) is 44.8 Å². The molecule has 0 spiro atoms. The molecule has 0 atom stereocenters. The summed E-state index contributed by atoms with van der Waals surface area (Å²) >= 11 is 0. The summed E-state index contributed by atoms with van der Waals surface area (Å²) in [6, 6.07) is 12.2. The molecule has 3 heteroatoms. The van der Waals surface area contributed by atoms with E-state index in [-0.39, 0.29) is 12.6 Å². The first-order valence-corrected chi connectivity index (χ1v) is 8.30. The van der Waals surface area contributed by atoms with Crippen LogP contribution in [0.15, 0.2) is 54.5 Å². The van der Waals surface area contributed by atoms with Gasteiger partial charge in [0.25, 0.3) is 0 Å². The molecule has 0 unspecified atom stereocenters. The van der Waals surface area contributed by atoms with E-state index in [0.29, 0.717) is 0 Å². The van der Waals surface area contributed by atoms with Gasteiger partial charge in [0.15, 0.2) is 5.78 Å². The van der Waals surface area contributed by atoms with Gasteiger partial charge < -0.3 is 5.23 Å². The number of aryl methyl sites for hydroxylation is 3. The zero-order valence-corrected chi connectivity index (χ0v) is 14.7. The van der Waals surface area contributed by atoms with Gasteiger partial charge in [-0.3, -0.25) is 4.79 Å². The molecule has 2 aromatic carbocycles. The van der Waals surface area contributed by atoms with Crippen molar-refractivity contribution in [2.45, 2.75) is 27.7 Å². The SMILES string of the molecule is CC(=O)c1ccc(C2=CC=CB(c3c(C)cc(C)cc3C)N2)cc1. The molecule has 0 aliphatic carbocycles. The van der Waals surface area contributed by atoms with Gasteiger partial charge in [0.2, 0.25) is 0 Å². The second kappa shape index (κ2) is 6.52. The lowest BCUT2D eigenvalue weighted by atomic mass is 9.52. The molecule has 24 heavy (non-hydrogen) atoms. The van der Waals surface area contributed by atoms with Crippen LogP contribution in [0.4, 0.5) is 0 Å². The van der Waals surface area contributed by atoms with Gasteiger partial charge in [0, 0.05) is 11.3 Å². The summed E-state index contributed by atoms with van der Waals surface area (Å²) in [7, 11) is 0. The van der Waals surface area contributed by atoms with Crippen LogP contribution < -0.4 is 10.7 Å². The van der Waals surface area contributed by atoms with Gasteiger partial charge >= 0.3 is 6.85 Å². The van der Waals surface area contributed by atoms with Gasteiger partial charge in [0.1, 0.15) is 0 Å². The molecule has 0 saturated heterocycles. The van der Waals surface area contributed by atoms with Crippen molar-refractivity contribution in [1.82, 2.24) is 5.23 Å². The molecule has 0 saturated carbocycles. The van der Waals surface area contributed by atoms with Crippen LogP contribution in [0, 0.1) is 20.8 Å². The maximum Gasteiger partial charge on any atom is 0.313 e. The van der Waals surface area contributed by atoms with Crippen LogP contribution in [0.25, 0.3) is 5.70 Å². The smallest absolute Gasteiger partial charge is 0.313 e. The molecule has 1 N–H and O–H groups in total. The number of hydrogen-bond donors (Lipinski definition) is 1. The fourth-order valence-corrected chi connectivity index (χ4v) is 3.44. The predicted octanol–water partition coefficient (Wildman–Crippen LogP) is 3.75. The Hall–Kier alpha value is -2.55. The normalized spacial score (nSPS) is 13.5. The summed E-state index contributed by atoms with van der Waals surface area (Å²) in [5, 5.41) is 3.63. The average molecular weight is 315 g/mol. The third kappa shape index (κ3) is 3.21. The summed E-state index contributed by atoms with van der Waals surface area (Å²) in [6.45, 7) is 8.23. The Balaban J connectivity index is 1.89. The van der Waals surface area contributed by atoms with E-state index in [1.54, 1.807) is 6.92 Å². The molecule has 0 amide bonds. The van der Waals surface area contributed by atoms with Gasteiger partial charge in [-0.2, -0.15) is 0 Å². The zero-order chi connectivity index (χ0) is 17.3. The van der Waals surface area contributed by atoms with Crippen molar-refractivity contribution in [2.75, 3.05) is 0 Å². The minimum atomic E-state index is 0.0933. The molecule has 3 rings (SSSR count). The third-order valence-electron chi connectivity index (χ3n) is 4.53. The summed E-state index contributed by atoms with van der Waals surface area (Å²) in [5.41, 5.74) is 8.17. The lowest BCUT2D eigenvalue weighted by molar-refractivity contribution is 0.101. The molecule has 2 aromatic rings. The summed E-state index contributed by atoms with van der Waals surface area (Å²) < 4.78 is 0. The van der Waals surface area contributed by atoms with E-state index in [1.165, 1.54) is 22.2 Å². The highest BCUT2D eigenvalue weighted by molar-refractivity contribution is 6.77. The van der Waals surface area contributed by atoms with E-state index in [1.807, 2.05) is 24.3 Å². The molecule has 0 bridgehead atoms. The molecular weight excluding hydrogens is 293 g/mol. The lowest BCUT2D eigenvalue weighted by Gasteiger charge is -2.23. The summed E-state index contributed by atoms with van der Waals surface area (Å²) in [5.74, 6) is 2.29. The second-order valence-corrected chi connectivity index (χ2v) is 6.53. The predicted molar refractivity (Wildman–Crippen MR) is 103 cm³/mol. The van der Waals surface area contributed by atoms with Crippen molar-refractivity contribution in [1.29, 1.82) is 0 Å². The molecule has 0 radical (unpaired) electrons. The van der Waals surface area contributed by atoms with Gasteiger partial charge in [-0.15, -0.1) is 0 Å². The molecular formula is C21H22BNO. The van der Waals surface area contributed by atoms with E-state index in [4.69, 9.17) is 0 Å². The Morgan fingerprint density at radius 1 is 1.00 bits per heavy atom.